The third kappa shape index (κ3) is 6.97. The number of ether oxygens (including phenoxy) is 1. The van der Waals surface area contributed by atoms with Gasteiger partial charge in [-0.3, -0.25) is 9.59 Å². The average molecular weight is 492 g/mol. The van der Waals surface area contributed by atoms with Gasteiger partial charge >= 0.3 is 12.3 Å². The smallest absolute Gasteiger partial charge is 0.417 e. The van der Waals surface area contributed by atoms with Gasteiger partial charge in [-0.2, -0.15) is 13.2 Å². The molecule has 3 amide bonds. The van der Waals surface area contributed by atoms with Gasteiger partial charge in [0, 0.05) is 38.3 Å². The van der Waals surface area contributed by atoms with Crippen LogP contribution >= 0.6 is 0 Å². The summed E-state index contributed by atoms with van der Waals surface area (Å²) >= 11 is 0. The number of carbonyl (C=O) groups is 3. The number of nitrogens with one attached hydrogen (secondary N) is 1. The molecule has 10 heteroatoms. The van der Waals surface area contributed by atoms with Gasteiger partial charge in [-0.15, -0.1) is 0 Å². The fourth-order valence-electron chi connectivity index (χ4n) is 3.64. The van der Waals surface area contributed by atoms with Crippen LogP contribution in [0.1, 0.15) is 52.6 Å². The molecule has 1 saturated heterocycles. The molecule has 1 fully saturated rings. The van der Waals surface area contributed by atoms with Crippen molar-refractivity contribution in [1.82, 2.24) is 15.1 Å². The van der Waals surface area contributed by atoms with Crippen molar-refractivity contribution >= 4 is 17.9 Å². The van der Waals surface area contributed by atoms with Crippen LogP contribution in [0.3, 0.4) is 0 Å². The largest absolute Gasteiger partial charge is 0.444 e. The molecule has 0 aliphatic carbocycles. The number of hydrogen-bond acceptors (Lipinski definition) is 4. The van der Waals surface area contributed by atoms with Gasteiger partial charge in [0.15, 0.2) is 0 Å². The molecule has 0 unspecified atom stereocenters. The van der Waals surface area contributed by atoms with E-state index in [1.54, 1.807) is 49.9 Å². The van der Waals surface area contributed by atoms with Gasteiger partial charge in [0.1, 0.15) is 5.60 Å². The van der Waals surface area contributed by atoms with Crippen LogP contribution in [0.25, 0.3) is 0 Å². The summed E-state index contributed by atoms with van der Waals surface area (Å²) in [5, 5.41) is 2.65. The Morgan fingerprint density at radius 3 is 1.94 bits per heavy atom. The third-order valence-corrected chi connectivity index (χ3v) is 5.35. The Morgan fingerprint density at radius 1 is 0.857 bits per heavy atom. The highest BCUT2D eigenvalue weighted by atomic mass is 19.4. The van der Waals surface area contributed by atoms with E-state index in [1.807, 2.05) is 0 Å². The van der Waals surface area contributed by atoms with E-state index >= 15 is 0 Å². The first kappa shape index (κ1) is 26.1. The number of alkyl halides is 3. The molecule has 0 bridgehead atoms. The number of alkyl carbamates (subject to hydrolysis) is 1. The summed E-state index contributed by atoms with van der Waals surface area (Å²) in [7, 11) is 0. The van der Waals surface area contributed by atoms with Gasteiger partial charge in [-0.05, 0) is 50.6 Å². The lowest BCUT2D eigenvalue weighted by Gasteiger charge is -2.35. The van der Waals surface area contributed by atoms with E-state index in [-0.39, 0.29) is 38.6 Å². The Balaban J connectivity index is 1.55. The van der Waals surface area contributed by atoms with Crippen LogP contribution < -0.4 is 5.32 Å². The molecule has 0 radical (unpaired) electrons. The number of rotatable bonds is 4. The summed E-state index contributed by atoms with van der Waals surface area (Å²) in [4.78, 5) is 40.2. The van der Waals surface area contributed by atoms with Gasteiger partial charge in [-0.25, -0.2) is 4.79 Å². The second-order valence-electron chi connectivity index (χ2n) is 9.18. The van der Waals surface area contributed by atoms with Gasteiger partial charge < -0.3 is 19.9 Å². The molecule has 1 aliphatic rings. The molecule has 2 aromatic rings. The predicted octanol–water partition coefficient (Wildman–Crippen LogP) is 4.33. The van der Waals surface area contributed by atoms with Crippen molar-refractivity contribution in [1.29, 1.82) is 0 Å². The zero-order chi connectivity index (χ0) is 25.8. The van der Waals surface area contributed by atoms with Gasteiger partial charge in [-0.1, -0.05) is 24.3 Å². The van der Waals surface area contributed by atoms with Crippen LogP contribution in [-0.4, -0.2) is 59.5 Å². The quantitative estimate of drug-likeness (QED) is 0.691. The molecular formula is C25H28F3N3O4. The van der Waals surface area contributed by atoms with E-state index in [2.05, 4.69) is 5.32 Å². The number of benzene rings is 2. The minimum absolute atomic E-state index is 0.134. The number of hydrogen-bond donors (Lipinski definition) is 1. The third-order valence-electron chi connectivity index (χ3n) is 5.35. The summed E-state index contributed by atoms with van der Waals surface area (Å²) in [6.07, 6.45) is -5.17. The predicted molar refractivity (Wildman–Crippen MR) is 123 cm³/mol. The molecule has 188 valence electrons. The highest BCUT2D eigenvalue weighted by Gasteiger charge is 2.36. The van der Waals surface area contributed by atoms with Crippen molar-refractivity contribution in [2.24, 2.45) is 0 Å². The van der Waals surface area contributed by atoms with E-state index < -0.39 is 34.9 Å². The summed E-state index contributed by atoms with van der Waals surface area (Å²) in [5.74, 6) is -0.939. The summed E-state index contributed by atoms with van der Waals surface area (Å²) in [6.45, 7) is 6.23. The van der Waals surface area contributed by atoms with Crippen molar-refractivity contribution in [3.05, 3.63) is 70.8 Å². The van der Waals surface area contributed by atoms with Crippen molar-refractivity contribution < 1.29 is 32.3 Å². The van der Waals surface area contributed by atoms with Crippen molar-refractivity contribution in [2.75, 3.05) is 26.2 Å². The molecular weight excluding hydrogens is 463 g/mol. The minimum Gasteiger partial charge on any atom is -0.444 e. The SMILES string of the molecule is CC(C)(C)OC(=O)NCc1ccc(C(=O)N2CCN(C(=O)c3ccccc3C(F)(F)F)CC2)cc1. The van der Waals surface area contributed by atoms with E-state index in [9.17, 15) is 27.6 Å². The molecule has 0 aromatic heterocycles. The van der Waals surface area contributed by atoms with Gasteiger partial charge in [0.25, 0.3) is 11.8 Å². The fourth-order valence-corrected chi connectivity index (χ4v) is 3.64. The van der Waals surface area contributed by atoms with E-state index in [4.69, 9.17) is 4.74 Å². The maximum absolute atomic E-state index is 13.3. The zero-order valence-electron chi connectivity index (χ0n) is 19.8. The lowest BCUT2D eigenvalue weighted by atomic mass is 10.1. The number of nitrogens with zero attached hydrogens (tertiary/aromatic N) is 2. The average Bonchev–Trinajstić information content (AvgIpc) is 2.80. The monoisotopic (exact) mass is 491 g/mol. The lowest BCUT2D eigenvalue weighted by molar-refractivity contribution is -0.138. The van der Waals surface area contributed by atoms with E-state index in [0.29, 0.717) is 5.56 Å². The molecule has 1 N–H and O–H groups in total. The second-order valence-corrected chi connectivity index (χ2v) is 9.18. The summed E-state index contributed by atoms with van der Waals surface area (Å²) in [6, 6.07) is 11.4. The Kier molecular flexibility index (Phi) is 7.72. The van der Waals surface area contributed by atoms with Crippen LogP contribution in [0.15, 0.2) is 48.5 Å². The van der Waals surface area contributed by atoms with Gasteiger partial charge in [0.05, 0.1) is 11.1 Å². The summed E-state index contributed by atoms with van der Waals surface area (Å²) in [5.41, 5.74) is -0.740. The normalized spacial score (nSPS) is 14.5. The Bertz CT molecular complexity index is 1070. The number of amides is 3. The molecule has 7 nitrogen and oxygen atoms in total. The standard InChI is InChI=1S/C25H28F3N3O4/c1-24(2,3)35-23(34)29-16-17-8-10-18(11-9-17)21(32)30-12-14-31(15-13-30)22(33)19-6-4-5-7-20(19)25(26,27)28/h4-11H,12-16H2,1-3H3,(H,29,34). The van der Waals surface area contributed by atoms with Crippen LogP contribution in [-0.2, 0) is 17.5 Å². The molecule has 0 saturated carbocycles. The first-order valence-corrected chi connectivity index (χ1v) is 11.2. The molecule has 2 aromatic carbocycles. The fraction of sp³-hybridized carbons (Fsp3) is 0.400. The molecule has 1 heterocycles. The number of piperazine rings is 1. The van der Waals surface area contributed by atoms with Crippen LogP contribution in [0.5, 0.6) is 0 Å². The molecule has 3 rings (SSSR count). The van der Waals surface area contributed by atoms with Crippen LogP contribution in [0.4, 0.5) is 18.0 Å². The Morgan fingerprint density at radius 2 is 1.40 bits per heavy atom. The molecule has 0 atom stereocenters. The van der Waals surface area contributed by atoms with E-state index in [1.165, 1.54) is 23.1 Å². The topological polar surface area (TPSA) is 79.0 Å². The van der Waals surface area contributed by atoms with Gasteiger partial charge in [0.2, 0.25) is 0 Å². The molecule has 1 aliphatic heterocycles. The Hall–Kier alpha value is -3.56. The zero-order valence-corrected chi connectivity index (χ0v) is 19.8. The summed E-state index contributed by atoms with van der Waals surface area (Å²) < 4.78 is 45.0. The maximum atomic E-state index is 13.3. The number of halogens is 3. The molecule has 35 heavy (non-hydrogen) atoms. The van der Waals surface area contributed by atoms with Crippen molar-refractivity contribution in [3.8, 4) is 0 Å². The number of carbonyl (C=O) groups excluding carboxylic acids is 3. The Labute approximate surface area is 201 Å². The van der Waals surface area contributed by atoms with E-state index in [0.717, 1.165) is 11.6 Å². The lowest BCUT2D eigenvalue weighted by Crippen LogP contribution is -2.50. The van der Waals surface area contributed by atoms with Crippen LogP contribution in [0.2, 0.25) is 0 Å². The minimum atomic E-state index is -4.63. The molecule has 0 spiro atoms. The van der Waals surface area contributed by atoms with Crippen LogP contribution in [0, 0.1) is 0 Å². The first-order valence-electron chi connectivity index (χ1n) is 11.2. The second kappa shape index (κ2) is 10.4. The highest BCUT2D eigenvalue weighted by Crippen LogP contribution is 2.32. The highest BCUT2D eigenvalue weighted by molar-refractivity contribution is 5.97. The van der Waals surface area contributed by atoms with Crippen molar-refractivity contribution in [2.45, 2.75) is 39.1 Å². The maximum Gasteiger partial charge on any atom is 0.417 e. The first-order chi connectivity index (χ1) is 16.3. The van der Waals surface area contributed by atoms with Crippen molar-refractivity contribution in [3.63, 3.8) is 0 Å².